The molecule has 0 N–H and O–H groups in total. The number of rotatable bonds is 3. The van der Waals surface area contributed by atoms with Gasteiger partial charge in [-0.2, -0.15) is 10.4 Å². The Balaban J connectivity index is 1.65. The third-order valence-corrected chi connectivity index (χ3v) is 4.33. The third kappa shape index (κ3) is 3.67. The Labute approximate surface area is 156 Å². The van der Waals surface area contributed by atoms with E-state index in [0.29, 0.717) is 36.8 Å². The number of hydrogen-bond donors (Lipinski definition) is 0. The Bertz CT molecular complexity index is 1070. The molecule has 6 heteroatoms. The van der Waals surface area contributed by atoms with Crippen molar-refractivity contribution >= 4 is 0 Å². The first kappa shape index (κ1) is 16.9. The first-order chi connectivity index (χ1) is 13.2. The Morgan fingerprint density at radius 2 is 1.78 bits per heavy atom. The molecule has 2 heterocycles. The van der Waals surface area contributed by atoms with Crippen LogP contribution in [-0.2, 0) is 6.54 Å². The van der Waals surface area contributed by atoms with E-state index in [1.54, 1.807) is 18.2 Å². The molecule has 6 nitrogen and oxygen atoms in total. The summed E-state index contributed by atoms with van der Waals surface area (Å²) in [7, 11) is 0. The standard InChI is InChI=1S/C21H17N3O3/c22-13-15-2-4-16(5-3-15)14-24-21(25)9-7-18(23-24)17-6-8-19-20(12-17)27-11-1-10-26-19/h2-9,12H,1,10-11,14H2. The van der Waals surface area contributed by atoms with Crippen molar-refractivity contribution in [3.8, 4) is 28.8 Å². The van der Waals surface area contributed by atoms with Crippen molar-refractivity contribution in [3.63, 3.8) is 0 Å². The highest BCUT2D eigenvalue weighted by atomic mass is 16.5. The van der Waals surface area contributed by atoms with Gasteiger partial charge in [0.15, 0.2) is 11.5 Å². The summed E-state index contributed by atoms with van der Waals surface area (Å²) in [5.41, 5.74) is 2.84. The van der Waals surface area contributed by atoms with Crippen molar-refractivity contribution < 1.29 is 9.47 Å². The van der Waals surface area contributed by atoms with Gasteiger partial charge >= 0.3 is 0 Å². The van der Waals surface area contributed by atoms with Crippen molar-refractivity contribution in [1.82, 2.24) is 9.78 Å². The number of aromatic nitrogens is 2. The van der Waals surface area contributed by atoms with E-state index in [9.17, 15) is 4.79 Å². The van der Waals surface area contributed by atoms with E-state index in [4.69, 9.17) is 14.7 Å². The first-order valence-corrected chi connectivity index (χ1v) is 8.70. The normalized spacial score (nSPS) is 12.9. The van der Waals surface area contributed by atoms with Crippen LogP contribution < -0.4 is 15.0 Å². The van der Waals surface area contributed by atoms with E-state index in [-0.39, 0.29) is 5.56 Å². The molecule has 0 unspecified atom stereocenters. The average Bonchev–Trinajstić information content (AvgIpc) is 2.95. The maximum Gasteiger partial charge on any atom is 0.267 e. The molecule has 1 aliphatic heterocycles. The third-order valence-electron chi connectivity index (χ3n) is 4.33. The number of ether oxygens (including phenoxy) is 2. The second-order valence-electron chi connectivity index (χ2n) is 6.24. The summed E-state index contributed by atoms with van der Waals surface area (Å²) in [6.07, 6.45) is 0.845. The first-order valence-electron chi connectivity index (χ1n) is 8.70. The molecular weight excluding hydrogens is 342 g/mol. The lowest BCUT2D eigenvalue weighted by Gasteiger charge is -2.10. The minimum Gasteiger partial charge on any atom is -0.490 e. The van der Waals surface area contributed by atoms with Crippen LogP contribution in [0.25, 0.3) is 11.3 Å². The number of nitriles is 1. The van der Waals surface area contributed by atoms with E-state index in [1.165, 1.54) is 10.7 Å². The molecule has 0 saturated carbocycles. The summed E-state index contributed by atoms with van der Waals surface area (Å²) in [5, 5.41) is 13.4. The minimum atomic E-state index is -0.183. The molecule has 0 spiro atoms. The smallest absolute Gasteiger partial charge is 0.267 e. The van der Waals surface area contributed by atoms with E-state index < -0.39 is 0 Å². The van der Waals surface area contributed by atoms with Crippen LogP contribution in [0.4, 0.5) is 0 Å². The molecule has 0 bridgehead atoms. The van der Waals surface area contributed by atoms with Crippen molar-refractivity contribution in [3.05, 3.63) is 76.1 Å². The lowest BCUT2D eigenvalue weighted by atomic mass is 10.1. The molecule has 0 saturated heterocycles. The molecular formula is C21H17N3O3. The summed E-state index contributed by atoms with van der Waals surface area (Å²) in [4.78, 5) is 12.2. The topological polar surface area (TPSA) is 77.1 Å². The molecule has 0 amide bonds. The van der Waals surface area contributed by atoms with Crippen LogP contribution in [-0.4, -0.2) is 23.0 Å². The fourth-order valence-electron chi connectivity index (χ4n) is 2.90. The summed E-state index contributed by atoms with van der Waals surface area (Å²) in [5.74, 6) is 1.42. The van der Waals surface area contributed by atoms with Crippen molar-refractivity contribution in [2.45, 2.75) is 13.0 Å². The largest absolute Gasteiger partial charge is 0.490 e. The summed E-state index contributed by atoms with van der Waals surface area (Å²) in [6, 6.07) is 18.1. The maximum absolute atomic E-state index is 12.2. The molecule has 1 aromatic heterocycles. The van der Waals surface area contributed by atoms with Crippen LogP contribution in [0.1, 0.15) is 17.5 Å². The van der Waals surface area contributed by atoms with E-state index >= 15 is 0 Å². The Morgan fingerprint density at radius 1 is 1.00 bits per heavy atom. The van der Waals surface area contributed by atoms with Crippen LogP contribution >= 0.6 is 0 Å². The van der Waals surface area contributed by atoms with Gasteiger partial charge in [0, 0.05) is 18.1 Å². The maximum atomic E-state index is 12.2. The zero-order valence-corrected chi connectivity index (χ0v) is 14.6. The molecule has 0 radical (unpaired) electrons. The van der Waals surface area contributed by atoms with Gasteiger partial charge in [0.05, 0.1) is 37.1 Å². The predicted octanol–water partition coefficient (Wildman–Crippen LogP) is 2.99. The Morgan fingerprint density at radius 3 is 2.56 bits per heavy atom. The van der Waals surface area contributed by atoms with Crippen molar-refractivity contribution in [2.24, 2.45) is 0 Å². The molecule has 0 aliphatic carbocycles. The molecule has 4 rings (SSSR count). The van der Waals surface area contributed by atoms with Gasteiger partial charge in [-0.15, -0.1) is 0 Å². The predicted molar refractivity (Wildman–Crippen MR) is 99.8 cm³/mol. The zero-order chi connectivity index (χ0) is 18.6. The molecule has 134 valence electrons. The van der Waals surface area contributed by atoms with Gasteiger partial charge in [0.1, 0.15) is 0 Å². The van der Waals surface area contributed by atoms with Crippen LogP contribution in [0.5, 0.6) is 11.5 Å². The van der Waals surface area contributed by atoms with E-state index in [2.05, 4.69) is 11.2 Å². The van der Waals surface area contributed by atoms with Crippen LogP contribution in [0.15, 0.2) is 59.4 Å². The molecule has 3 aromatic rings. The molecule has 1 aliphatic rings. The SMILES string of the molecule is N#Cc1ccc(Cn2nc(-c3ccc4c(c3)OCCCO4)ccc2=O)cc1. The second-order valence-corrected chi connectivity index (χ2v) is 6.24. The summed E-state index contributed by atoms with van der Waals surface area (Å²) in [6.45, 7) is 1.59. The Hall–Kier alpha value is -3.59. The summed E-state index contributed by atoms with van der Waals surface area (Å²) >= 11 is 0. The summed E-state index contributed by atoms with van der Waals surface area (Å²) < 4.78 is 12.8. The van der Waals surface area contributed by atoms with Crippen molar-refractivity contribution in [1.29, 1.82) is 5.26 Å². The zero-order valence-electron chi connectivity index (χ0n) is 14.6. The number of fused-ring (bicyclic) bond motifs is 1. The highest BCUT2D eigenvalue weighted by molar-refractivity contribution is 5.63. The fourth-order valence-corrected chi connectivity index (χ4v) is 2.90. The van der Waals surface area contributed by atoms with Crippen molar-refractivity contribution in [2.75, 3.05) is 13.2 Å². The fraction of sp³-hybridized carbons (Fsp3) is 0.190. The molecule has 2 aromatic carbocycles. The number of hydrogen-bond acceptors (Lipinski definition) is 5. The van der Waals surface area contributed by atoms with E-state index in [1.807, 2.05) is 30.3 Å². The molecule has 0 fully saturated rings. The Kier molecular flexibility index (Phi) is 4.58. The van der Waals surface area contributed by atoms with Gasteiger partial charge < -0.3 is 9.47 Å². The average molecular weight is 359 g/mol. The van der Waals surface area contributed by atoms with Crippen LogP contribution in [0, 0.1) is 11.3 Å². The second kappa shape index (κ2) is 7.34. The lowest BCUT2D eigenvalue weighted by molar-refractivity contribution is 0.297. The number of benzene rings is 2. The highest BCUT2D eigenvalue weighted by Gasteiger charge is 2.13. The van der Waals surface area contributed by atoms with Gasteiger partial charge in [0.25, 0.3) is 5.56 Å². The van der Waals surface area contributed by atoms with Gasteiger partial charge in [-0.1, -0.05) is 12.1 Å². The van der Waals surface area contributed by atoms with Crippen LogP contribution in [0.3, 0.4) is 0 Å². The molecule has 27 heavy (non-hydrogen) atoms. The van der Waals surface area contributed by atoms with E-state index in [0.717, 1.165) is 23.3 Å². The molecule has 0 atom stereocenters. The van der Waals surface area contributed by atoms with Crippen LogP contribution in [0.2, 0.25) is 0 Å². The number of nitrogens with zero attached hydrogens (tertiary/aromatic N) is 3. The monoisotopic (exact) mass is 359 g/mol. The van der Waals surface area contributed by atoms with Gasteiger partial charge in [-0.05, 0) is 42.0 Å². The van der Waals surface area contributed by atoms with Gasteiger partial charge in [-0.3, -0.25) is 4.79 Å². The highest BCUT2D eigenvalue weighted by Crippen LogP contribution is 2.33. The van der Waals surface area contributed by atoms with Gasteiger partial charge in [-0.25, -0.2) is 4.68 Å². The van der Waals surface area contributed by atoms with Gasteiger partial charge in [0.2, 0.25) is 0 Å². The minimum absolute atomic E-state index is 0.183. The lowest BCUT2D eigenvalue weighted by Crippen LogP contribution is -2.22. The quantitative estimate of drug-likeness (QED) is 0.718.